The maximum absolute atomic E-state index is 11.9. The van der Waals surface area contributed by atoms with Crippen LogP contribution in [-0.4, -0.2) is 32.2 Å². The van der Waals surface area contributed by atoms with Crippen LogP contribution in [0.2, 0.25) is 0 Å². The minimum Gasteiger partial charge on any atom is -0.479 e. The van der Waals surface area contributed by atoms with Crippen molar-refractivity contribution < 1.29 is 19.4 Å². The fraction of sp³-hybridized carbons (Fsp3) is 0.375. The van der Waals surface area contributed by atoms with E-state index >= 15 is 0 Å². The first kappa shape index (κ1) is 17.3. The molecule has 0 saturated carbocycles. The Morgan fingerprint density at radius 2 is 1.96 bits per heavy atom. The number of alkyl halides is 1. The third-order valence-electron chi connectivity index (χ3n) is 3.15. The number of aliphatic carboxylic acids is 1. The standard InChI is InChI=1S/C16H19BrN2O4/c1-15(2,3)23-14(22)19-16(17,13(20)21)8-10-9-18-12-7-5-4-6-11(10)12/h4-7,9,18H,8H2,1-3H3,(H,19,22)(H,20,21)/t16-/m1/s1. The summed E-state index contributed by atoms with van der Waals surface area (Å²) in [6.45, 7) is 5.13. The molecular weight excluding hydrogens is 364 g/mol. The maximum atomic E-state index is 11.9. The summed E-state index contributed by atoms with van der Waals surface area (Å²) >= 11 is 3.14. The van der Waals surface area contributed by atoms with Gasteiger partial charge in [-0.05, 0) is 48.3 Å². The van der Waals surface area contributed by atoms with Crippen molar-refractivity contribution in [1.82, 2.24) is 10.3 Å². The SMILES string of the molecule is CC(C)(C)OC(=O)N[C@](Br)(Cc1c[nH]c2ccccc12)C(=O)O. The number of amides is 1. The number of hydrogen-bond donors (Lipinski definition) is 3. The number of aromatic amines is 1. The van der Waals surface area contributed by atoms with Gasteiger partial charge in [0.25, 0.3) is 0 Å². The molecule has 1 aromatic heterocycles. The number of carbonyl (C=O) groups is 2. The smallest absolute Gasteiger partial charge is 0.409 e. The second-order valence-electron chi connectivity index (χ2n) is 6.27. The number of carboxylic acids is 1. The highest BCUT2D eigenvalue weighted by Gasteiger charge is 2.39. The van der Waals surface area contributed by atoms with Crippen LogP contribution >= 0.6 is 15.9 Å². The highest BCUT2D eigenvalue weighted by molar-refractivity contribution is 9.10. The van der Waals surface area contributed by atoms with E-state index in [1.165, 1.54) is 0 Å². The van der Waals surface area contributed by atoms with Crippen LogP contribution in [-0.2, 0) is 16.0 Å². The Morgan fingerprint density at radius 3 is 2.57 bits per heavy atom. The summed E-state index contributed by atoms with van der Waals surface area (Å²) in [7, 11) is 0. The predicted octanol–water partition coefficient (Wildman–Crippen LogP) is 3.41. The summed E-state index contributed by atoms with van der Waals surface area (Å²) in [5.74, 6) is -1.20. The minimum atomic E-state index is -1.65. The number of hydrogen-bond acceptors (Lipinski definition) is 3. The number of nitrogens with one attached hydrogen (secondary N) is 2. The summed E-state index contributed by atoms with van der Waals surface area (Å²) in [6.07, 6.45) is 1.00. The molecule has 3 N–H and O–H groups in total. The van der Waals surface area contributed by atoms with Gasteiger partial charge in [-0.2, -0.15) is 0 Å². The Labute approximate surface area is 142 Å². The molecule has 0 unspecified atom stereocenters. The lowest BCUT2D eigenvalue weighted by Crippen LogP contribution is -2.52. The van der Waals surface area contributed by atoms with E-state index in [1.807, 2.05) is 24.3 Å². The van der Waals surface area contributed by atoms with Crippen LogP contribution in [0, 0.1) is 0 Å². The van der Waals surface area contributed by atoms with Gasteiger partial charge >= 0.3 is 12.1 Å². The summed E-state index contributed by atoms with van der Waals surface area (Å²) in [5, 5.41) is 12.8. The zero-order chi connectivity index (χ0) is 17.3. The maximum Gasteiger partial charge on any atom is 0.409 e. The number of benzene rings is 1. The molecule has 2 rings (SSSR count). The van der Waals surface area contributed by atoms with E-state index in [1.54, 1.807) is 27.0 Å². The van der Waals surface area contributed by atoms with Crippen molar-refractivity contribution in [3.63, 3.8) is 0 Å². The van der Waals surface area contributed by atoms with Crippen LogP contribution in [0.15, 0.2) is 30.5 Å². The Hall–Kier alpha value is -2.02. The van der Waals surface area contributed by atoms with Crippen molar-refractivity contribution in [3.8, 4) is 0 Å². The molecule has 7 heteroatoms. The molecule has 23 heavy (non-hydrogen) atoms. The molecule has 124 valence electrons. The molecular formula is C16H19BrN2O4. The molecule has 6 nitrogen and oxygen atoms in total. The van der Waals surface area contributed by atoms with E-state index < -0.39 is 22.1 Å². The Bertz CT molecular complexity index is 735. The lowest BCUT2D eigenvalue weighted by molar-refractivity contribution is -0.140. The van der Waals surface area contributed by atoms with E-state index in [-0.39, 0.29) is 6.42 Å². The van der Waals surface area contributed by atoms with E-state index in [0.717, 1.165) is 16.5 Å². The van der Waals surface area contributed by atoms with E-state index in [4.69, 9.17) is 4.74 Å². The van der Waals surface area contributed by atoms with Crippen LogP contribution < -0.4 is 5.32 Å². The van der Waals surface area contributed by atoms with Gasteiger partial charge in [-0.25, -0.2) is 9.59 Å². The topological polar surface area (TPSA) is 91.4 Å². The number of para-hydroxylation sites is 1. The summed E-state index contributed by atoms with van der Waals surface area (Å²) in [6, 6.07) is 7.55. The first-order valence-corrected chi connectivity index (χ1v) is 7.88. The average Bonchev–Trinajstić information content (AvgIpc) is 2.79. The molecule has 1 amide bonds. The van der Waals surface area contributed by atoms with Crippen LogP contribution in [0.25, 0.3) is 10.9 Å². The van der Waals surface area contributed by atoms with Gasteiger partial charge in [0.2, 0.25) is 0 Å². The van der Waals surface area contributed by atoms with Crippen LogP contribution in [0.1, 0.15) is 26.3 Å². The second kappa shape index (κ2) is 6.23. The van der Waals surface area contributed by atoms with Gasteiger partial charge in [0.05, 0.1) is 0 Å². The molecule has 1 heterocycles. The monoisotopic (exact) mass is 382 g/mol. The van der Waals surface area contributed by atoms with Gasteiger partial charge in [-0.15, -0.1) is 0 Å². The first-order chi connectivity index (χ1) is 10.6. The zero-order valence-corrected chi connectivity index (χ0v) is 14.7. The van der Waals surface area contributed by atoms with Crippen LogP contribution in [0.5, 0.6) is 0 Å². The van der Waals surface area contributed by atoms with Gasteiger partial charge in [0, 0.05) is 23.5 Å². The van der Waals surface area contributed by atoms with Crippen molar-refractivity contribution in [1.29, 1.82) is 0 Å². The van der Waals surface area contributed by atoms with Crippen molar-refractivity contribution >= 4 is 38.9 Å². The Balaban J connectivity index is 2.24. The molecule has 0 radical (unpaired) electrons. The first-order valence-electron chi connectivity index (χ1n) is 7.09. The van der Waals surface area contributed by atoms with Gasteiger partial charge in [0.15, 0.2) is 4.45 Å². The number of H-pyrrole nitrogens is 1. The largest absolute Gasteiger partial charge is 0.479 e. The summed E-state index contributed by atoms with van der Waals surface area (Å²) in [4.78, 5) is 26.7. The normalized spacial score (nSPS) is 14.3. The number of carbonyl (C=O) groups excluding carboxylic acids is 1. The predicted molar refractivity (Wildman–Crippen MR) is 90.7 cm³/mol. The summed E-state index contributed by atoms with van der Waals surface area (Å²) in [5.41, 5.74) is 0.966. The number of halogens is 1. The number of fused-ring (bicyclic) bond motifs is 1. The van der Waals surface area contributed by atoms with Gasteiger partial charge in [0.1, 0.15) is 5.60 Å². The zero-order valence-electron chi connectivity index (χ0n) is 13.1. The highest BCUT2D eigenvalue weighted by atomic mass is 79.9. The average molecular weight is 383 g/mol. The van der Waals surface area contributed by atoms with Gasteiger partial charge < -0.3 is 14.8 Å². The molecule has 1 aromatic carbocycles. The second-order valence-corrected chi connectivity index (χ2v) is 7.62. The molecule has 0 bridgehead atoms. The number of alkyl carbamates (subject to hydrolysis) is 1. The van der Waals surface area contributed by atoms with Crippen molar-refractivity contribution in [2.24, 2.45) is 0 Å². The molecule has 0 fully saturated rings. The van der Waals surface area contributed by atoms with Gasteiger partial charge in [-0.3, -0.25) is 5.32 Å². The fourth-order valence-electron chi connectivity index (χ4n) is 2.18. The molecule has 0 aliphatic rings. The quantitative estimate of drug-likeness (QED) is 0.557. The number of aromatic nitrogens is 1. The number of carboxylic acid groups (broad SMARTS) is 1. The van der Waals surface area contributed by atoms with Crippen LogP contribution in [0.3, 0.4) is 0 Å². The number of ether oxygens (including phenoxy) is 1. The summed E-state index contributed by atoms with van der Waals surface area (Å²) < 4.78 is 3.49. The molecule has 1 atom stereocenters. The third kappa shape index (κ3) is 4.25. The van der Waals surface area contributed by atoms with Crippen LogP contribution in [0.4, 0.5) is 4.79 Å². The lowest BCUT2D eigenvalue weighted by Gasteiger charge is -2.27. The van der Waals surface area contributed by atoms with Crippen molar-refractivity contribution in [3.05, 3.63) is 36.0 Å². The van der Waals surface area contributed by atoms with E-state index in [0.29, 0.717) is 0 Å². The number of rotatable bonds is 4. The lowest BCUT2D eigenvalue weighted by atomic mass is 10.1. The molecule has 0 aliphatic carbocycles. The molecule has 0 saturated heterocycles. The van der Waals surface area contributed by atoms with Crippen molar-refractivity contribution in [2.45, 2.75) is 37.2 Å². The molecule has 0 aliphatic heterocycles. The fourth-order valence-corrected chi connectivity index (χ4v) is 2.64. The minimum absolute atomic E-state index is 0.0611. The van der Waals surface area contributed by atoms with Crippen molar-refractivity contribution in [2.75, 3.05) is 0 Å². The molecule has 0 spiro atoms. The van der Waals surface area contributed by atoms with Gasteiger partial charge in [-0.1, -0.05) is 18.2 Å². The van der Waals surface area contributed by atoms with E-state index in [2.05, 4.69) is 26.2 Å². The highest BCUT2D eigenvalue weighted by Crippen LogP contribution is 2.27. The molecule has 2 aromatic rings. The third-order valence-corrected chi connectivity index (χ3v) is 3.96. The Kier molecular flexibility index (Phi) is 4.70. The Morgan fingerprint density at radius 1 is 1.30 bits per heavy atom. The van der Waals surface area contributed by atoms with E-state index in [9.17, 15) is 14.7 Å².